The monoisotopic (exact) mass is 569 g/mol. The van der Waals surface area contributed by atoms with Gasteiger partial charge < -0.3 is 28.7 Å². The largest absolute Gasteiger partial charge is 0.462 e. The van der Waals surface area contributed by atoms with Gasteiger partial charge in [-0.25, -0.2) is 9.88 Å². The lowest BCUT2D eigenvalue weighted by Gasteiger charge is -2.30. The van der Waals surface area contributed by atoms with E-state index in [1.807, 2.05) is 0 Å². The molecule has 0 saturated heterocycles. The summed E-state index contributed by atoms with van der Waals surface area (Å²) in [6, 6.07) is 8.72. The first kappa shape index (κ1) is 31.4. The van der Waals surface area contributed by atoms with Crippen LogP contribution in [0, 0.1) is 11.8 Å². The number of hydrogen-bond acceptors (Lipinski definition) is 10. The van der Waals surface area contributed by atoms with Crippen molar-refractivity contribution in [2.75, 3.05) is 13.2 Å². The fourth-order valence-corrected chi connectivity index (χ4v) is 5.42. The Hall–Kier alpha value is -2.82. The van der Waals surface area contributed by atoms with Crippen molar-refractivity contribution in [3.8, 4) is 17.6 Å². The summed E-state index contributed by atoms with van der Waals surface area (Å²) in [5.74, 6) is 4.89. The maximum Gasteiger partial charge on any atom is 0.330 e. The summed E-state index contributed by atoms with van der Waals surface area (Å²) < 4.78 is 23.8. The van der Waals surface area contributed by atoms with E-state index >= 15 is 0 Å². The lowest BCUT2D eigenvalue weighted by molar-refractivity contribution is -0.149. The van der Waals surface area contributed by atoms with Gasteiger partial charge in [0.2, 0.25) is 0 Å². The Balaban J connectivity index is 2.31. The van der Waals surface area contributed by atoms with Crippen molar-refractivity contribution in [1.29, 1.82) is 0 Å². The van der Waals surface area contributed by atoms with Gasteiger partial charge in [-0.05, 0) is 51.6 Å². The van der Waals surface area contributed by atoms with Crippen molar-refractivity contribution in [3.63, 3.8) is 0 Å². The minimum Gasteiger partial charge on any atom is -0.462 e. The van der Waals surface area contributed by atoms with Crippen LogP contribution in [0.4, 0.5) is 0 Å². The first-order chi connectivity index (χ1) is 18.0. The molecule has 14 heteroatoms. The van der Waals surface area contributed by atoms with Gasteiger partial charge in [0.15, 0.2) is 6.23 Å². The van der Waals surface area contributed by atoms with Crippen LogP contribution >= 0.6 is 6.64 Å². The second-order valence-corrected chi connectivity index (χ2v) is 11.3. The van der Waals surface area contributed by atoms with E-state index in [1.54, 1.807) is 51.1 Å². The Morgan fingerprint density at radius 3 is 2.47 bits per heavy atom. The summed E-state index contributed by atoms with van der Waals surface area (Å²) in [4.78, 5) is 38.1. The Kier molecular flexibility index (Phi) is 12.3. The quantitative estimate of drug-likeness (QED) is 0.146. The van der Waals surface area contributed by atoms with Crippen LogP contribution in [-0.2, 0) is 30.6 Å². The molecule has 208 valence electrons. The normalized spacial score (nSPS) is 15.9. The van der Waals surface area contributed by atoms with Gasteiger partial charge in [0.05, 0.1) is 19.3 Å². The van der Waals surface area contributed by atoms with Crippen LogP contribution in [0.1, 0.15) is 33.9 Å². The van der Waals surface area contributed by atoms with E-state index in [1.165, 1.54) is 6.92 Å². The molecular formula is C24H32N3O9PS. The van der Waals surface area contributed by atoms with Gasteiger partial charge in [-0.3, -0.25) is 19.1 Å². The minimum absolute atomic E-state index is 0.354. The number of aliphatic hydroxyl groups excluding tert-OH is 2. The first-order valence-electron chi connectivity index (χ1n) is 11.6. The zero-order valence-electron chi connectivity index (χ0n) is 21.4. The molecule has 5 atom stereocenters. The van der Waals surface area contributed by atoms with Crippen molar-refractivity contribution >= 4 is 24.4 Å². The maximum atomic E-state index is 12.4. The van der Waals surface area contributed by atoms with Gasteiger partial charge in [0.1, 0.15) is 24.0 Å². The highest BCUT2D eigenvalue weighted by atomic mass is 32.5. The van der Waals surface area contributed by atoms with Crippen LogP contribution in [0.25, 0.3) is 0 Å². The summed E-state index contributed by atoms with van der Waals surface area (Å²) >= 11 is 5.66. The lowest BCUT2D eigenvalue weighted by Crippen LogP contribution is -2.41. The molecule has 0 saturated carbocycles. The van der Waals surface area contributed by atoms with Crippen LogP contribution in [0.15, 0.2) is 52.2 Å². The van der Waals surface area contributed by atoms with Crippen LogP contribution < -0.4 is 20.9 Å². The fourth-order valence-electron chi connectivity index (χ4n) is 3.00. The maximum absolute atomic E-state index is 12.4. The number of nitrogens with zero attached hydrogens (tertiary/aromatic N) is 1. The van der Waals surface area contributed by atoms with E-state index in [0.29, 0.717) is 5.75 Å². The van der Waals surface area contributed by atoms with Gasteiger partial charge in [0, 0.05) is 12.3 Å². The van der Waals surface area contributed by atoms with E-state index < -0.39 is 61.6 Å². The molecule has 2 rings (SSSR count). The van der Waals surface area contributed by atoms with E-state index in [0.717, 1.165) is 16.8 Å². The van der Waals surface area contributed by atoms with E-state index in [2.05, 4.69) is 21.9 Å². The number of esters is 1. The average molecular weight is 570 g/mol. The zero-order chi connectivity index (χ0) is 28.3. The molecule has 0 aliphatic rings. The second kappa shape index (κ2) is 14.9. The number of nitrogens with one attached hydrogen (secondary N) is 2. The molecular weight excluding hydrogens is 537 g/mol. The SMILES string of the molecule is CC#C[C@H](O)C(COP(=S)(NC(C)C(=O)OC(C)C)Oc1ccccc1)O[C@H](CO)n1ccc(=O)[nH]c1=O. The van der Waals surface area contributed by atoms with Crippen LogP contribution in [-0.4, -0.2) is 63.3 Å². The number of carbonyl (C=O) groups is 1. The molecule has 0 amide bonds. The molecule has 0 spiro atoms. The number of rotatable bonds is 14. The third kappa shape index (κ3) is 9.81. The standard InChI is InChI=1S/C24H32N3O9PS/c1-5-9-19(29)20(35-22(14-28)27-13-12-21(30)25-24(27)32)15-33-37(38,36-18-10-7-6-8-11-18)26-17(4)23(31)34-16(2)3/h6-8,10-13,16-17,19-20,22,28-29H,14-15H2,1-4H3,(H,26,38)(H,25,30,32)/t17?,19-,20?,22+,37?/m0/s1. The summed E-state index contributed by atoms with van der Waals surface area (Å²) in [6.45, 7) is 1.89. The molecule has 0 bridgehead atoms. The summed E-state index contributed by atoms with van der Waals surface area (Å²) in [5.41, 5.74) is -1.46. The Labute approximate surface area is 225 Å². The molecule has 2 aromatic rings. The topological polar surface area (TPSA) is 161 Å². The molecule has 1 aromatic heterocycles. The summed E-state index contributed by atoms with van der Waals surface area (Å²) in [7, 11) is 0. The third-order valence-electron chi connectivity index (χ3n) is 4.73. The highest BCUT2D eigenvalue weighted by Gasteiger charge is 2.32. The number of H-pyrrole nitrogens is 1. The predicted octanol–water partition coefficient (Wildman–Crippen LogP) is 1.05. The van der Waals surface area contributed by atoms with E-state index in [4.69, 9.17) is 30.3 Å². The Bertz CT molecular complexity index is 1270. The van der Waals surface area contributed by atoms with E-state index in [-0.39, 0.29) is 6.10 Å². The van der Waals surface area contributed by atoms with Gasteiger partial charge >= 0.3 is 18.3 Å². The van der Waals surface area contributed by atoms with Crippen molar-refractivity contribution in [3.05, 3.63) is 63.4 Å². The molecule has 1 aromatic carbocycles. The number of benzene rings is 1. The number of carbonyl (C=O) groups excluding carboxylic acids is 1. The van der Waals surface area contributed by atoms with Crippen molar-refractivity contribution < 1.29 is 33.5 Å². The molecule has 0 aliphatic heterocycles. The number of ether oxygens (including phenoxy) is 2. The minimum atomic E-state index is -3.48. The molecule has 0 aliphatic carbocycles. The number of aromatic amines is 1. The molecule has 12 nitrogen and oxygen atoms in total. The third-order valence-corrected chi connectivity index (χ3v) is 7.23. The van der Waals surface area contributed by atoms with Crippen molar-refractivity contribution in [2.24, 2.45) is 0 Å². The highest BCUT2D eigenvalue weighted by Crippen LogP contribution is 2.45. The van der Waals surface area contributed by atoms with Gasteiger partial charge in [-0.15, -0.1) is 5.92 Å². The average Bonchev–Trinajstić information content (AvgIpc) is 2.85. The fraction of sp³-hybridized carbons (Fsp3) is 0.458. The van der Waals surface area contributed by atoms with Crippen LogP contribution in [0.2, 0.25) is 0 Å². The van der Waals surface area contributed by atoms with Crippen molar-refractivity contribution in [1.82, 2.24) is 14.6 Å². The molecule has 0 fully saturated rings. The predicted molar refractivity (Wildman–Crippen MR) is 143 cm³/mol. The molecule has 3 unspecified atom stereocenters. The number of aromatic nitrogens is 2. The smallest absolute Gasteiger partial charge is 0.330 e. The second-order valence-electron chi connectivity index (χ2n) is 8.20. The zero-order valence-corrected chi connectivity index (χ0v) is 23.1. The summed E-state index contributed by atoms with van der Waals surface area (Å²) in [6.07, 6.45) is -3.17. The molecule has 1 heterocycles. The number of hydrogen-bond donors (Lipinski definition) is 4. The van der Waals surface area contributed by atoms with Gasteiger partial charge in [0.25, 0.3) is 5.56 Å². The highest BCUT2D eigenvalue weighted by molar-refractivity contribution is 8.09. The van der Waals surface area contributed by atoms with Crippen LogP contribution in [0.5, 0.6) is 5.75 Å². The molecule has 38 heavy (non-hydrogen) atoms. The molecule has 0 radical (unpaired) electrons. The number of aliphatic hydroxyl groups is 2. The van der Waals surface area contributed by atoms with Gasteiger partial charge in [-0.2, -0.15) is 0 Å². The van der Waals surface area contributed by atoms with Crippen LogP contribution in [0.3, 0.4) is 0 Å². The Morgan fingerprint density at radius 2 is 1.89 bits per heavy atom. The van der Waals surface area contributed by atoms with Gasteiger partial charge in [-0.1, -0.05) is 24.1 Å². The summed E-state index contributed by atoms with van der Waals surface area (Å²) in [5, 5.41) is 23.4. The lowest BCUT2D eigenvalue weighted by atomic mass is 10.2. The first-order valence-corrected chi connectivity index (χ1v) is 14.3. The molecule has 4 N–H and O–H groups in total. The van der Waals surface area contributed by atoms with E-state index in [9.17, 15) is 24.6 Å². The number of para-hydroxylation sites is 1. The Morgan fingerprint density at radius 1 is 1.21 bits per heavy atom. The van der Waals surface area contributed by atoms with Crippen molar-refractivity contribution in [2.45, 2.75) is 58.3 Å².